The molecular weight excluding hydrogens is 450 g/mol. The number of ketones is 1. The van der Waals surface area contributed by atoms with Crippen LogP contribution < -0.4 is 0 Å². The minimum absolute atomic E-state index is 0.00822. The number of carboxylic acids is 1. The molecule has 0 aliphatic heterocycles. The van der Waals surface area contributed by atoms with Crippen molar-refractivity contribution in [1.29, 1.82) is 0 Å². The highest BCUT2D eigenvalue weighted by Crippen LogP contribution is 2.74. The number of aliphatic hydroxyl groups is 1. The molecule has 5 heteroatoms. The Bertz CT molecular complexity index is 1140. The van der Waals surface area contributed by atoms with Crippen LogP contribution in [0.4, 0.5) is 0 Å². The number of carboxylic acid groups (broad SMARTS) is 1. The van der Waals surface area contributed by atoms with Crippen molar-refractivity contribution in [1.82, 2.24) is 0 Å². The van der Waals surface area contributed by atoms with Crippen LogP contribution in [0.1, 0.15) is 93.4 Å². The van der Waals surface area contributed by atoms with Gasteiger partial charge in [0, 0.05) is 11.3 Å². The molecule has 0 saturated heterocycles. The van der Waals surface area contributed by atoms with Crippen molar-refractivity contribution in [3.63, 3.8) is 0 Å². The summed E-state index contributed by atoms with van der Waals surface area (Å²) in [4.78, 5) is 30.2. The Hall–Kier alpha value is -1.93. The molecule has 0 amide bonds. The van der Waals surface area contributed by atoms with Gasteiger partial charge in [-0.15, -0.1) is 0 Å². The van der Waals surface area contributed by atoms with Gasteiger partial charge in [0.15, 0.2) is 11.5 Å². The van der Waals surface area contributed by atoms with Gasteiger partial charge in [-0.05, 0) is 91.4 Å². The summed E-state index contributed by atoms with van der Waals surface area (Å²) in [6, 6.07) is 0. The number of aliphatic carboxylic acids is 1. The quantitative estimate of drug-likeness (QED) is 0.412. The molecule has 9 atom stereocenters. The van der Waals surface area contributed by atoms with Crippen LogP contribution in [0.25, 0.3) is 4.85 Å². The summed E-state index contributed by atoms with van der Waals surface area (Å²) in [7, 11) is 0. The fourth-order valence-corrected chi connectivity index (χ4v) is 10.0. The molecule has 3 fully saturated rings. The van der Waals surface area contributed by atoms with Gasteiger partial charge in [0.05, 0.1) is 18.1 Å². The third kappa shape index (κ3) is 2.91. The number of hydrogen-bond acceptors (Lipinski definition) is 3. The number of aliphatic hydroxyl groups excluding tert-OH is 1. The second-order valence-electron chi connectivity index (χ2n) is 14.8. The van der Waals surface area contributed by atoms with E-state index in [1.54, 1.807) is 0 Å². The van der Waals surface area contributed by atoms with Gasteiger partial charge in [0.2, 0.25) is 0 Å². The van der Waals surface area contributed by atoms with Gasteiger partial charge in [-0.1, -0.05) is 53.2 Å². The third-order valence-corrected chi connectivity index (χ3v) is 12.8. The maximum atomic E-state index is 14.2. The molecule has 0 aromatic carbocycles. The normalized spacial score (nSPS) is 51.4. The second kappa shape index (κ2) is 7.34. The van der Waals surface area contributed by atoms with E-state index >= 15 is 0 Å². The van der Waals surface area contributed by atoms with Gasteiger partial charge in [0.25, 0.3) is 0 Å². The molecule has 3 saturated carbocycles. The van der Waals surface area contributed by atoms with Crippen molar-refractivity contribution in [2.75, 3.05) is 0 Å². The number of allylic oxidation sites excluding steroid dienone is 3. The Morgan fingerprint density at radius 3 is 2.28 bits per heavy atom. The lowest BCUT2D eigenvalue weighted by atomic mass is 9.34. The molecule has 0 heterocycles. The molecule has 36 heavy (non-hydrogen) atoms. The highest BCUT2D eigenvalue weighted by atomic mass is 16.4. The fraction of sp³-hybridized carbons (Fsp3) is 0.774. The predicted molar refractivity (Wildman–Crippen MR) is 139 cm³/mol. The maximum absolute atomic E-state index is 14.2. The third-order valence-electron chi connectivity index (χ3n) is 12.8. The van der Waals surface area contributed by atoms with Crippen molar-refractivity contribution in [3.8, 4) is 0 Å². The summed E-state index contributed by atoms with van der Waals surface area (Å²) >= 11 is 0. The van der Waals surface area contributed by atoms with E-state index in [9.17, 15) is 19.8 Å². The van der Waals surface area contributed by atoms with Crippen LogP contribution in [0, 0.1) is 56.8 Å². The number of fused-ring (bicyclic) bond motifs is 7. The molecular formula is C31H43NO4. The van der Waals surface area contributed by atoms with Crippen molar-refractivity contribution >= 4 is 11.8 Å². The standard InChI is InChI=1S/C31H43NO4/c1-26(2)21-9-10-30(6)22(29(21,5)17-19(32-8)24(26)34)15-20(33)23-18-16-28(4,25(35)36)12-11-27(18,3)13-14-31(23,30)7/h15,17-18,21,23-24,34H,9-14,16H2,1-7H3,(H,35,36)/t18-,21-,23-,24?,27+,28-,29-,30+,31+/m0/s1. The summed E-state index contributed by atoms with van der Waals surface area (Å²) in [6.45, 7) is 22.9. The summed E-state index contributed by atoms with van der Waals surface area (Å²) in [6.07, 6.45) is 9.04. The number of nitrogens with zero attached hydrogens (tertiary/aromatic N) is 1. The lowest BCUT2D eigenvalue weighted by molar-refractivity contribution is -0.178. The van der Waals surface area contributed by atoms with E-state index in [2.05, 4.69) is 46.4 Å². The van der Waals surface area contributed by atoms with Gasteiger partial charge in [0.1, 0.15) is 0 Å². The van der Waals surface area contributed by atoms with Gasteiger partial charge >= 0.3 is 5.97 Å². The molecule has 0 bridgehead atoms. The molecule has 5 rings (SSSR count). The number of hydrogen-bond donors (Lipinski definition) is 2. The number of rotatable bonds is 1. The van der Waals surface area contributed by atoms with E-state index in [1.165, 1.54) is 0 Å². The minimum Gasteiger partial charge on any atom is -0.481 e. The Balaban J connectivity index is 1.67. The molecule has 196 valence electrons. The summed E-state index contributed by atoms with van der Waals surface area (Å²) < 4.78 is 0. The Morgan fingerprint density at radius 2 is 1.67 bits per heavy atom. The van der Waals surface area contributed by atoms with Crippen molar-refractivity contribution < 1.29 is 19.8 Å². The molecule has 2 N–H and O–H groups in total. The van der Waals surface area contributed by atoms with Crippen LogP contribution >= 0.6 is 0 Å². The molecule has 0 aromatic rings. The van der Waals surface area contributed by atoms with Crippen LogP contribution in [0.15, 0.2) is 23.4 Å². The van der Waals surface area contributed by atoms with Crippen LogP contribution in [0.3, 0.4) is 0 Å². The molecule has 5 nitrogen and oxygen atoms in total. The van der Waals surface area contributed by atoms with Gasteiger partial charge in [-0.25, -0.2) is 4.85 Å². The smallest absolute Gasteiger partial charge is 0.309 e. The zero-order valence-electron chi connectivity index (χ0n) is 23.1. The zero-order valence-corrected chi connectivity index (χ0v) is 23.1. The van der Waals surface area contributed by atoms with E-state index in [0.29, 0.717) is 18.5 Å². The summed E-state index contributed by atoms with van der Waals surface area (Å²) in [5.74, 6) is -0.584. The molecule has 1 unspecified atom stereocenters. The second-order valence-corrected chi connectivity index (χ2v) is 14.8. The fourth-order valence-electron chi connectivity index (χ4n) is 10.0. The largest absolute Gasteiger partial charge is 0.481 e. The first-order chi connectivity index (χ1) is 16.5. The van der Waals surface area contributed by atoms with Crippen molar-refractivity contribution in [2.24, 2.45) is 50.2 Å². The minimum atomic E-state index is -0.799. The lowest BCUT2D eigenvalue weighted by Crippen LogP contribution is -2.65. The SMILES string of the molecule is [C-]#[N+]C1=C[C@]2(C)C3=CC(=O)[C@@H]4[C@@H]5C[C@@](C)(C(=O)O)CC[C@]5(C)CC[C@@]4(C)[C@]3(C)CC[C@H]2C(C)(C)C1O. The van der Waals surface area contributed by atoms with Crippen LogP contribution in [-0.2, 0) is 9.59 Å². The van der Waals surface area contributed by atoms with Crippen LogP contribution in [0.2, 0.25) is 0 Å². The van der Waals surface area contributed by atoms with Crippen LogP contribution in [-0.4, -0.2) is 28.1 Å². The first kappa shape index (κ1) is 25.7. The first-order valence-electron chi connectivity index (χ1n) is 13.8. The van der Waals surface area contributed by atoms with E-state index in [0.717, 1.165) is 37.7 Å². The number of carbonyl (C=O) groups is 2. The van der Waals surface area contributed by atoms with E-state index in [-0.39, 0.29) is 39.8 Å². The Labute approximate surface area is 216 Å². The van der Waals surface area contributed by atoms with Crippen molar-refractivity contribution in [3.05, 3.63) is 34.8 Å². The average molecular weight is 494 g/mol. The maximum Gasteiger partial charge on any atom is 0.309 e. The predicted octanol–water partition coefficient (Wildman–Crippen LogP) is 6.44. The topological polar surface area (TPSA) is 79.0 Å². The zero-order chi connectivity index (χ0) is 26.7. The van der Waals surface area contributed by atoms with Gasteiger partial charge in [-0.3, -0.25) is 9.59 Å². The van der Waals surface area contributed by atoms with E-state index in [4.69, 9.17) is 6.57 Å². The summed E-state index contributed by atoms with van der Waals surface area (Å²) in [5.41, 5.74) is -0.695. The van der Waals surface area contributed by atoms with Crippen molar-refractivity contribution in [2.45, 2.75) is 99.5 Å². The Kier molecular flexibility index (Phi) is 5.24. The van der Waals surface area contributed by atoms with Gasteiger partial charge in [-0.2, -0.15) is 0 Å². The average Bonchev–Trinajstić information content (AvgIpc) is 2.79. The molecule has 0 spiro atoms. The Morgan fingerprint density at radius 1 is 1.03 bits per heavy atom. The first-order valence-corrected chi connectivity index (χ1v) is 13.8. The molecule has 0 radical (unpaired) electrons. The van der Waals surface area contributed by atoms with E-state index < -0.39 is 28.3 Å². The molecule has 0 aromatic heterocycles. The molecule has 5 aliphatic rings. The monoisotopic (exact) mass is 493 g/mol. The van der Waals surface area contributed by atoms with Crippen LogP contribution in [0.5, 0.6) is 0 Å². The number of carbonyl (C=O) groups excluding carboxylic acids is 1. The highest BCUT2D eigenvalue weighted by Gasteiger charge is 2.69. The van der Waals surface area contributed by atoms with Gasteiger partial charge < -0.3 is 10.2 Å². The van der Waals surface area contributed by atoms with E-state index in [1.807, 2.05) is 19.1 Å². The lowest BCUT2D eigenvalue weighted by Gasteiger charge is -2.69. The summed E-state index contributed by atoms with van der Waals surface area (Å²) in [5, 5.41) is 21.1. The highest BCUT2D eigenvalue weighted by molar-refractivity contribution is 5.95. The molecule has 5 aliphatic carbocycles.